The van der Waals surface area contributed by atoms with Crippen molar-refractivity contribution in [2.24, 2.45) is 0 Å². The second-order valence-corrected chi connectivity index (χ2v) is 11.0. The van der Waals surface area contributed by atoms with Gasteiger partial charge in [-0.2, -0.15) is 0 Å². The van der Waals surface area contributed by atoms with E-state index in [1.807, 2.05) is 60.7 Å². The number of carbonyl (C=O) groups is 2. The van der Waals surface area contributed by atoms with Crippen molar-refractivity contribution in [2.45, 2.75) is 17.4 Å². The van der Waals surface area contributed by atoms with Gasteiger partial charge in [-0.15, -0.1) is 23.5 Å². The van der Waals surface area contributed by atoms with E-state index in [2.05, 4.69) is 11.1 Å². The minimum absolute atomic E-state index is 0. The SMILES string of the molecule is CN(C)C(=O)CCSC(SCCC(=O)[O-])c1cccc(C=Cc2ccc3ccc(Cl)cc3n2)c1.[Na+]. The summed E-state index contributed by atoms with van der Waals surface area (Å²) in [5.74, 6) is 0.126. The normalized spacial score (nSPS) is 11.9. The average molecular weight is 537 g/mol. The molecule has 1 atom stereocenters. The second kappa shape index (κ2) is 14.9. The van der Waals surface area contributed by atoms with Crippen LogP contribution in [0.4, 0.5) is 0 Å². The van der Waals surface area contributed by atoms with Gasteiger partial charge in [0.15, 0.2) is 0 Å². The number of hydrogen-bond acceptors (Lipinski definition) is 6. The molecule has 0 saturated heterocycles. The number of benzene rings is 2. The molecule has 35 heavy (non-hydrogen) atoms. The number of fused-ring (bicyclic) bond motifs is 1. The van der Waals surface area contributed by atoms with Gasteiger partial charge in [-0.3, -0.25) is 4.79 Å². The smallest absolute Gasteiger partial charge is 0.550 e. The van der Waals surface area contributed by atoms with E-state index in [0.717, 1.165) is 27.7 Å². The maximum Gasteiger partial charge on any atom is 1.00 e. The number of nitrogens with zero attached hydrogens (tertiary/aromatic N) is 2. The van der Waals surface area contributed by atoms with E-state index in [0.29, 0.717) is 22.9 Å². The summed E-state index contributed by atoms with van der Waals surface area (Å²) in [6.07, 6.45) is 4.40. The summed E-state index contributed by atoms with van der Waals surface area (Å²) in [6.45, 7) is 0. The van der Waals surface area contributed by atoms with Crippen LogP contribution in [-0.2, 0) is 9.59 Å². The summed E-state index contributed by atoms with van der Waals surface area (Å²) in [5, 5.41) is 12.6. The van der Waals surface area contributed by atoms with Crippen molar-refractivity contribution in [1.82, 2.24) is 9.88 Å². The fraction of sp³-hybridized carbons (Fsp3) is 0.269. The van der Waals surface area contributed by atoms with Crippen LogP contribution < -0.4 is 34.7 Å². The van der Waals surface area contributed by atoms with Crippen molar-refractivity contribution in [3.63, 3.8) is 0 Å². The van der Waals surface area contributed by atoms with Crippen LogP contribution in [-0.4, -0.2) is 47.4 Å². The first-order valence-electron chi connectivity index (χ1n) is 10.8. The predicted molar refractivity (Wildman–Crippen MR) is 143 cm³/mol. The van der Waals surface area contributed by atoms with Crippen LogP contribution in [0, 0.1) is 0 Å². The molecular weight excluding hydrogens is 511 g/mol. The average Bonchev–Trinajstić information content (AvgIpc) is 2.81. The molecule has 9 heteroatoms. The first-order chi connectivity index (χ1) is 16.3. The molecule has 0 fully saturated rings. The molecule has 0 aliphatic rings. The Kier molecular flexibility index (Phi) is 12.7. The summed E-state index contributed by atoms with van der Waals surface area (Å²) in [5.41, 5.74) is 3.76. The summed E-state index contributed by atoms with van der Waals surface area (Å²) < 4.78 is 0.0172. The molecule has 5 nitrogen and oxygen atoms in total. The van der Waals surface area contributed by atoms with E-state index in [1.54, 1.807) is 42.5 Å². The van der Waals surface area contributed by atoms with Crippen molar-refractivity contribution in [2.75, 3.05) is 25.6 Å². The largest absolute Gasteiger partial charge is 1.00 e. The third-order valence-corrected chi connectivity index (χ3v) is 8.05. The number of amides is 1. The number of halogens is 1. The molecule has 0 bridgehead atoms. The summed E-state index contributed by atoms with van der Waals surface area (Å²) in [6, 6.07) is 17.8. The molecule has 178 valence electrons. The fourth-order valence-corrected chi connectivity index (χ4v) is 5.97. The number of rotatable bonds is 11. The van der Waals surface area contributed by atoms with Crippen molar-refractivity contribution < 1.29 is 44.3 Å². The van der Waals surface area contributed by atoms with Gasteiger partial charge in [0, 0.05) is 42.6 Å². The monoisotopic (exact) mass is 536 g/mol. The van der Waals surface area contributed by atoms with Gasteiger partial charge in [-0.1, -0.05) is 48.0 Å². The van der Waals surface area contributed by atoms with E-state index in [4.69, 9.17) is 11.6 Å². The molecular formula is C26H26ClN2NaO3S2. The Balaban J connectivity index is 0.00000432. The molecule has 0 aliphatic heterocycles. The molecule has 0 radical (unpaired) electrons. The summed E-state index contributed by atoms with van der Waals surface area (Å²) >= 11 is 9.30. The molecule has 0 N–H and O–H groups in total. The molecule has 1 heterocycles. The predicted octanol–water partition coefficient (Wildman–Crippen LogP) is 2.15. The van der Waals surface area contributed by atoms with E-state index >= 15 is 0 Å². The Hall–Kier alpha value is -1.48. The Morgan fingerprint density at radius 3 is 2.46 bits per heavy atom. The third-order valence-electron chi connectivity index (χ3n) is 4.96. The van der Waals surface area contributed by atoms with Crippen molar-refractivity contribution in [3.05, 3.63) is 76.4 Å². The van der Waals surface area contributed by atoms with Crippen LogP contribution in [0.3, 0.4) is 0 Å². The molecule has 0 aliphatic carbocycles. The third kappa shape index (κ3) is 9.83. The molecule has 1 unspecified atom stereocenters. The molecule has 3 rings (SSSR count). The standard InChI is InChI=1S/C26H27ClN2O3S2.Na/c1-29(2)24(30)12-14-33-26(34-15-13-25(31)32)20-5-3-4-18(16-20)6-10-22-11-8-19-7-9-21(27)17-23(19)28-22;/h3-11,16-17,26H,12-15H2,1-2H3,(H,31,32);/q;+1/p-1. The fourth-order valence-electron chi connectivity index (χ4n) is 3.16. The Bertz CT molecular complexity index is 1190. The maximum atomic E-state index is 11.9. The number of pyridine rings is 1. The van der Waals surface area contributed by atoms with E-state index < -0.39 is 5.97 Å². The van der Waals surface area contributed by atoms with Crippen LogP contribution in [0.2, 0.25) is 5.02 Å². The number of hydrogen-bond donors (Lipinski definition) is 0. The second-order valence-electron chi connectivity index (χ2n) is 7.81. The minimum Gasteiger partial charge on any atom is -0.550 e. The number of carbonyl (C=O) groups excluding carboxylic acids is 2. The molecule has 1 amide bonds. The number of carboxylic acids is 1. The Labute approximate surface area is 242 Å². The molecule has 1 aromatic heterocycles. The summed E-state index contributed by atoms with van der Waals surface area (Å²) in [4.78, 5) is 29.0. The first-order valence-corrected chi connectivity index (χ1v) is 13.3. The van der Waals surface area contributed by atoms with Gasteiger partial charge in [0.2, 0.25) is 5.91 Å². The zero-order chi connectivity index (χ0) is 24.5. The van der Waals surface area contributed by atoms with Gasteiger partial charge in [0.25, 0.3) is 0 Å². The molecule has 3 aromatic rings. The van der Waals surface area contributed by atoms with Crippen LogP contribution in [0.15, 0.2) is 54.6 Å². The van der Waals surface area contributed by atoms with E-state index in [1.165, 1.54) is 0 Å². The minimum atomic E-state index is -1.06. The molecule has 0 spiro atoms. The van der Waals surface area contributed by atoms with Gasteiger partial charge in [0.05, 0.1) is 15.8 Å². The van der Waals surface area contributed by atoms with E-state index in [-0.39, 0.29) is 46.5 Å². The maximum absolute atomic E-state index is 11.9. The van der Waals surface area contributed by atoms with Gasteiger partial charge < -0.3 is 14.8 Å². The number of carboxylic acid groups (broad SMARTS) is 1. The quantitative estimate of drug-likeness (QED) is 0.276. The topological polar surface area (TPSA) is 73.3 Å². The van der Waals surface area contributed by atoms with Crippen LogP contribution >= 0.6 is 35.1 Å². The zero-order valence-electron chi connectivity index (χ0n) is 20.1. The van der Waals surface area contributed by atoms with Gasteiger partial charge >= 0.3 is 29.6 Å². The van der Waals surface area contributed by atoms with Crippen molar-refractivity contribution >= 4 is 70.1 Å². The summed E-state index contributed by atoms with van der Waals surface area (Å²) in [7, 11) is 3.49. The molecule has 0 saturated carbocycles. The van der Waals surface area contributed by atoms with E-state index in [9.17, 15) is 14.7 Å². The van der Waals surface area contributed by atoms with Gasteiger partial charge in [-0.25, -0.2) is 4.98 Å². The Morgan fingerprint density at radius 1 is 1.03 bits per heavy atom. The van der Waals surface area contributed by atoms with Crippen LogP contribution in [0.25, 0.3) is 23.1 Å². The zero-order valence-corrected chi connectivity index (χ0v) is 24.5. The van der Waals surface area contributed by atoms with Crippen molar-refractivity contribution in [3.8, 4) is 0 Å². The van der Waals surface area contributed by atoms with Crippen LogP contribution in [0.5, 0.6) is 0 Å². The van der Waals surface area contributed by atoms with Gasteiger partial charge in [0.1, 0.15) is 0 Å². The number of aliphatic carboxylic acids is 1. The number of thioether (sulfide) groups is 2. The van der Waals surface area contributed by atoms with Gasteiger partial charge in [-0.05, 0) is 53.6 Å². The van der Waals surface area contributed by atoms with Crippen LogP contribution in [0.1, 0.15) is 34.2 Å². The molecule has 2 aromatic carbocycles. The Morgan fingerprint density at radius 2 is 1.74 bits per heavy atom. The van der Waals surface area contributed by atoms with Crippen molar-refractivity contribution in [1.29, 1.82) is 0 Å². The number of aromatic nitrogens is 1. The first kappa shape index (κ1) is 29.7.